The predicted octanol–water partition coefficient (Wildman–Crippen LogP) is 5.86. The minimum atomic E-state index is -1.62. The lowest BCUT2D eigenvalue weighted by atomic mass is 10.2. The van der Waals surface area contributed by atoms with Gasteiger partial charge in [-0.3, -0.25) is 0 Å². The summed E-state index contributed by atoms with van der Waals surface area (Å²) >= 11 is 2.46. The van der Waals surface area contributed by atoms with E-state index in [2.05, 4.69) is 87.6 Å². The summed E-state index contributed by atoms with van der Waals surface area (Å²) in [4.78, 5) is 0. The largest absolute Gasteiger partial charge is 0.413 e. The van der Waals surface area contributed by atoms with Crippen LogP contribution in [0.2, 0.25) is 37.8 Å². The molecule has 0 unspecified atom stereocenters. The average Bonchev–Trinajstić information content (AvgIpc) is 2.23. The molecule has 0 aliphatic heterocycles. The van der Waals surface area contributed by atoms with Crippen LogP contribution in [0.1, 0.15) is 40.0 Å². The van der Waals surface area contributed by atoms with Gasteiger partial charge in [-0.25, -0.2) is 0 Å². The monoisotopic (exact) mass is 424 g/mol. The molecule has 0 amide bonds. The Kier molecular flexibility index (Phi) is 8.64. The lowest BCUT2D eigenvalue weighted by Crippen LogP contribution is -2.44. The maximum Gasteiger partial charge on any atom is 0.192 e. The van der Waals surface area contributed by atoms with Crippen molar-refractivity contribution >= 4 is 39.0 Å². The molecule has 0 bridgehead atoms. The molecule has 0 aromatic heterocycles. The van der Waals surface area contributed by atoms with Gasteiger partial charge < -0.3 is 4.43 Å². The molecule has 0 aliphatic carbocycles. The van der Waals surface area contributed by atoms with Crippen LogP contribution in [0.15, 0.2) is 0 Å². The highest BCUT2D eigenvalue weighted by molar-refractivity contribution is 14.1. The van der Waals surface area contributed by atoms with Gasteiger partial charge in [-0.05, 0) is 31.0 Å². The molecule has 4 heteroatoms. The Bertz CT molecular complexity index is 342. The molecule has 0 aromatic carbocycles. The van der Waals surface area contributed by atoms with E-state index < -0.39 is 16.4 Å². The second-order valence-corrected chi connectivity index (χ2v) is 18.5. The number of halogens is 1. The summed E-state index contributed by atoms with van der Waals surface area (Å²) < 4.78 is 7.58. The molecule has 118 valence electrons. The highest BCUT2D eigenvalue weighted by atomic mass is 127. The molecule has 0 aromatic rings. The summed E-state index contributed by atoms with van der Waals surface area (Å²) in [7, 11) is -2.81. The maximum atomic E-state index is 6.49. The molecule has 0 aliphatic rings. The molecule has 0 rings (SSSR count). The lowest BCUT2D eigenvalue weighted by molar-refractivity contribution is 0.194. The fraction of sp³-hybridized carbons (Fsp3) is 0.875. The van der Waals surface area contributed by atoms with Crippen LogP contribution in [-0.4, -0.2) is 26.9 Å². The molecule has 0 saturated carbocycles. The van der Waals surface area contributed by atoms with Crippen molar-refractivity contribution in [1.29, 1.82) is 0 Å². The Morgan fingerprint density at radius 1 is 1.10 bits per heavy atom. The van der Waals surface area contributed by atoms with Gasteiger partial charge in [-0.1, -0.05) is 63.0 Å². The van der Waals surface area contributed by atoms with Crippen LogP contribution in [0, 0.1) is 11.5 Å². The minimum absolute atomic E-state index is 0.300. The molecule has 1 atom stereocenters. The Labute approximate surface area is 142 Å². The Hall–Kier alpha value is 0.684. The van der Waals surface area contributed by atoms with E-state index in [-0.39, 0.29) is 0 Å². The average molecular weight is 425 g/mol. The summed E-state index contributed by atoms with van der Waals surface area (Å²) in [6.07, 6.45) is 3.75. The minimum Gasteiger partial charge on any atom is -0.413 e. The molecule has 0 fully saturated rings. The van der Waals surface area contributed by atoms with E-state index in [1.807, 2.05) is 0 Å². The smallest absolute Gasteiger partial charge is 0.192 e. The van der Waals surface area contributed by atoms with Crippen LogP contribution < -0.4 is 0 Å². The van der Waals surface area contributed by atoms with Crippen molar-refractivity contribution in [2.45, 2.75) is 83.9 Å². The van der Waals surface area contributed by atoms with E-state index in [1.54, 1.807) is 0 Å². The van der Waals surface area contributed by atoms with Crippen LogP contribution in [0.3, 0.4) is 0 Å². The van der Waals surface area contributed by atoms with Crippen molar-refractivity contribution in [1.82, 2.24) is 0 Å². The molecule has 1 nitrogen and oxygen atoms in total. The third-order valence-corrected chi connectivity index (χ3v) is 10.2. The van der Waals surface area contributed by atoms with Gasteiger partial charge in [-0.2, -0.15) is 0 Å². The van der Waals surface area contributed by atoms with Crippen LogP contribution in [-0.2, 0) is 4.43 Å². The first-order valence-electron chi connectivity index (χ1n) is 7.63. The van der Waals surface area contributed by atoms with Gasteiger partial charge in [0.2, 0.25) is 0 Å². The van der Waals surface area contributed by atoms with Gasteiger partial charge in [-0.15, -0.1) is 11.5 Å². The van der Waals surface area contributed by atoms with Gasteiger partial charge >= 0.3 is 0 Å². The van der Waals surface area contributed by atoms with E-state index in [9.17, 15) is 0 Å². The van der Waals surface area contributed by atoms with Crippen LogP contribution >= 0.6 is 22.6 Å². The van der Waals surface area contributed by atoms with E-state index in [0.29, 0.717) is 11.1 Å². The summed E-state index contributed by atoms with van der Waals surface area (Å²) in [5.74, 6) is 3.36. The molecule has 0 spiro atoms. The first-order chi connectivity index (χ1) is 8.89. The van der Waals surface area contributed by atoms with Crippen molar-refractivity contribution in [2.75, 3.05) is 4.43 Å². The van der Waals surface area contributed by atoms with E-state index in [4.69, 9.17) is 4.43 Å². The quantitative estimate of drug-likeness (QED) is 0.171. The fourth-order valence-corrected chi connectivity index (χ4v) is 4.51. The second-order valence-electron chi connectivity index (χ2n) is 8.10. The Balaban J connectivity index is 4.27. The first-order valence-corrected chi connectivity index (χ1v) is 15.6. The van der Waals surface area contributed by atoms with Crippen molar-refractivity contribution in [3.63, 3.8) is 0 Å². The number of rotatable bonds is 6. The Morgan fingerprint density at radius 2 is 1.65 bits per heavy atom. The zero-order chi connectivity index (χ0) is 16.0. The standard InChI is InChI=1S/C16H33IOSi2/c1-16(2,3)20(7,8)18-15(14-17)12-10-9-11-13-19(4,5)6/h15H,9-10,12,14H2,1-8H3/t15-/m1/s1. The summed E-state index contributed by atoms with van der Waals surface area (Å²) in [6.45, 7) is 18.5. The first kappa shape index (κ1) is 20.7. The van der Waals surface area contributed by atoms with Crippen LogP contribution in [0.25, 0.3) is 0 Å². The fourth-order valence-electron chi connectivity index (χ4n) is 1.51. The lowest BCUT2D eigenvalue weighted by Gasteiger charge is -2.39. The highest BCUT2D eigenvalue weighted by Gasteiger charge is 2.38. The molecule has 0 N–H and O–H groups in total. The SMILES string of the molecule is CC(C)(C)[Si](C)(C)O[C@@H](CI)CCCC#C[Si](C)(C)C. The van der Waals surface area contributed by atoms with Gasteiger partial charge in [0, 0.05) is 10.8 Å². The topological polar surface area (TPSA) is 9.23 Å². The van der Waals surface area contributed by atoms with Crippen molar-refractivity contribution in [3.8, 4) is 11.5 Å². The summed E-state index contributed by atoms with van der Waals surface area (Å²) in [6, 6.07) is 0. The number of unbranched alkanes of at least 4 members (excludes halogenated alkanes) is 1. The molecule has 0 heterocycles. The number of hydrogen-bond acceptors (Lipinski definition) is 1. The van der Waals surface area contributed by atoms with Crippen LogP contribution in [0.4, 0.5) is 0 Å². The van der Waals surface area contributed by atoms with Gasteiger partial charge in [0.15, 0.2) is 8.32 Å². The van der Waals surface area contributed by atoms with Gasteiger partial charge in [0.25, 0.3) is 0 Å². The zero-order valence-electron chi connectivity index (χ0n) is 14.7. The zero-order valence-corrected chi connectivity index (χ0v) is 18.8. The molecular formula is C16H33IOSi2. The van der Waals surface area contributed by atoms with E-state index >= 15 is 0 Å². The third-order valence-electron chi connectivity index (χ3n) is 3.73. The predicted molar refractivity (Wildman–Crippen MR) is 106 cm³/mol. The summed E-state index contributed by atoms with van der Waals surface area (Å²) in [5.41, 5.74) is 3.44. The van der Waals surface area contributed by atoms with Crippen molar-refractivity contribution in [3.05, 3.63) is 0 Å². The van der Waals surface area contributed by atoms with Crippen molar-refractivity contribution in [2.24, 2.45) is 0 Å². The van der Waals surface area contributed by atoms with E-state index in [0.717, 1.165) is 17.3 Å². The van der Waals surface area contributed by atoms with Gasteiger partial charge in [0.05, 0.1) is 6.10 Å². The second kappa shape index (κ2) is 8.35. The highest BCUT2D eigenvalue weighted by Crippen LogP contribution is 2.37. The Morgan fingerprint density at radius 3 is 2.05 bits per heavy atom. The van der Waals surface area contributed by atoms with Gasteiger partial charge in [0.1, 0.15) is 8.07 Å². The van der Waals surface area contributed by atoms with Crippen molar-refractivity contribution < 1.29 is 4.43 Å². The summed E-state index contributed by atoms with van der Waals surface area (Å²) in [5, 5.41) is 0.300. The van der Waals surface area contributed by atoms with E-state index in [1.165, 1.54) is 6.42 Å². The maximum absolute atomic E-state index is 6.49. The normalized spacial score (nSPS) is 14.7. The molecule has 0 radical (unpaired) electrons. The molecule has 0 saturated heterocycles. The van der Waals surface area contributed by atoms with Crippen LogP contribution in [0.5, 0.6) is 0 Å². The number of hydrogen-bond donors (Lipinski definition) is 0. The molecular weight excluding hydrogens is 391 g/mol. The third kappa shape index (κ3) is 8.86. The number of alkyl halides is 1. The molecule has 20 heavy (non-hydrogen) atoms.